The number of nitrogens with two attached hydrogens (primary N) is 1. The van der Waals surface area contributed by atoms with Gasteiger partial charge in [-0.05, 0) is 25.1 Å². The van der Waals surface area contributed by atoms with Crippen molar-refractivity contribution in [3.05, 3.63) is 65.9 Å². The summed E-state index contributed by atoms with van der Waals surface area (Å²) in [6.45, 7) is 1.63. The normalized spacial score (nSPS) is 11.3. The van der Waals surface area contributed by atoms with Crippen LogP contribution >= 0.6 is 0 Å². The van der Waals surface area contributed by atoms with Crippen molar-refractivity contribution in [1.82, 2.24) is 5.16 Å². The lowest BCUT2D eigenvalue weighted by Gasteiger charge is -2.07. The molecule has 1 heterocycles. The van der Waals surface area contributed by atoms with Crippen molar-refractivity contribution in [3.8, 4) is 11.3 Å². The summed E-state index contributed by atoms with van der Waals surface area (Å²) in [5, 5.41) is 11.7. The molecule has 7 nitrogen and oxygen atoms in total. The van der Waals surface area contributed by atoms with E-state index in [0.717, 1.165) is 5.56 Å². The third kappa shape index (κ3) is 3.59. The molecule has 8 heteroatoms. The Labute approximate surface area is 144 Å². The van der Waals surface area contributed by atoms with Crippen molar-refractivity contribution in [2.24, 2.45) is 5.14 Å². The van der Waals surface area contributed by atoms with Crippen molar-refractivity contribution in [2.45, 2.75) is 11.8 Å². The number of aryl methyl sites for hydroxylation is 1. The van der Waals surface area contributed by atoms with Crippen molar-refractivity contribution in [3.63, 3.8) is 0 Å². The van der Waals surface area contributed by atoms with E-state index in [1.54, 1.807) is 13.0 Å². The van der Waals surface area contributed by atoms with Gasteiger partial charge in [-0.1, -0.05) is 41.6 Å². The van der Waals surface area contributed by atoms with Gasteiger partial charge in [-0.3, -0.25) is 4.79 Å². The number of anilines is 1. The third-order valence-corrected chi connectivity index (χ3v) is 4.47. The maximum absolute atomic E-state index is 12.7. The number of hydrogen-bond acceptors (Lipinski definition) is 5. The summed E-state index contributed by atoms with van der Waals surface area (Å²) < 4.78 is 28.0. The lowest BCUT2D eigenvalue weighted by Crippen LogP contribution is -2.15. The molecule has 128 valence electrons. The van der Waals surface area contributed by atoms with Crippen LogP contribution in [0.1, 0.15) is 16.1 Å². The second kappa shape index (κ2) is 6.50. The number of amides is 1. The molecule has 0 saturated heterocycles. The molecule has 0 bridgehead atoms. The Balaban J connectivity index is 1.94. The number of nitrogens with zero attached hydrogens (tertiary/aromatic N) is 1. The van der Waals surface area contributed by atoms with E-state index in [9.17, 15) is 13.2 Å². The van der Waals surface area contributed by atoms with E-state index in [2.05, 4.69) is 10.5 Å². The largest absolute Gasteiger partial charge is 0.360 e. The molecule has 0 saturated carbocycles. The number of carbonyl (C=O) groups is 1. The van der Waals surface area contributed by atoms with Gasteiger partial charge in [0.15, 0.2) is 0 Å². The molecule has 0 spiro atoms. The van der Waals surface area contributed by atoms with Gasteiger partial charge in [-0.2, -0.15) is 0 Å². The molecule has 0 atom stereocenters. The van der Waals surface area contributed by atoms with E-state index in [0.29, 0.717) is 17.1 Å². The highest BCUT2D eigenvalue weighted by Gasteiger charge is 2.22. The van der Waals surface area contributed by atoms with Crippen LogP contribution in [-0.4, -0.2) is 19.5 Å². The first-order valence-corrected chi connectivity index (χ1v) is 8.87. The predicted octanol–water partition coefficient (Wildman–Crippen LogP) is 2.55. The standard InChI is InChI=1S/C17H15N3O4S/c1-11-15(16(20-24-11)12-6-3-2-4-7-12)17(21)19-13-8-5-9-14(10-13)25(18,22)23/h2-10H,1H3,(H,19,21)(H2,18,22,23). The highest BCUT2D eigenvalue weighted by Crippen LogP contribution is 2.26. The van der Waals surface area contributed by atoms with Gasteiger partial charge in [0.2, 0.25) is 10.0 Å². The quantitative estimate of drug-likeness (QED) is 0.744. The summed E-state index contributed by atoms with van der Waals surface area (Å²) in [5.41, 5.74) is 1.74. The summed E-state index contributed by atoms with van der Waals surface area (Å²) >= 11 is 0. The molecule has 3 rings (SSSR count). The van der Waals surface area contributed by atoms with Gasteiger partial charge in [0, 0.05) is 11.3 Å². The van der Waals surface area contributed by atoms with Gasteiger partial charge < -0.3 is 9.84 Å². The molecular formula is C17H15N3O4S. The molecule has 0 fully saturated rings. The zero-order chi connectivity index (χ0) is 18.0. The maximum atomic E-state index is 12.7. The van der Waals surface area contributed by atoms with E-state index in [-0.39, 0.29) is 10.5 Å². The molecule has 2 aromatic carbocycles. The van der Waals surface area contributed by atoms with Crippen LogP contribution in [0.2, 0.25) is 0 Å². The van der Waals surface area contributed by atoms with E-state index in [4.69, 9.17) is 9.66 Å². The maximum Gasteiger partial charge on any atom is 0.261 e. The molecule has 0 aliphatic heterocycles. The predicted molar refractivity (Wildman–Crippen MR) is 92.4 cm³/mol. The van der Waals surface area contributed by atoms with Crippen LogP contribution in [0, 0.1) is 6.92 Å². The molecule has 1 amide bonds. The van der Waals surface area contributed by atoms with Crippen LogP contribution in [0.4, 0.5) is 5.69 Å². The van der Waals surface area contributed by atoms with E-state index >= 15 is 0 Å². The van der Waals surface area contributed by atoms with Gasteiger partial charge in [0.25, 0.3) is 5.91 Å². The topological polar surface area (TPSA) is 115 Å². The van der Waals surface area contributed by atoms with Gasteiger partial charge in [-0.25, -0.2) is 13.6 Å². The average molecular weight is 357 g/mol. The van der Waals surface area contributed by atoms with Gasteiger partial charge in [0.05, 0.1) is 4.90 Å². The molecule has 0 aliphatic carbocycles. The van der Waals surface area contributed by atoms with Gasteiger partial charge in [0.1, 0.15) is 17.0 Å². The number of aromatic nitrogens is 1. The molecule has 1 aromatic heterocycles. The number of carbonyl (C=O) groups excluding carboxylic acids is 1. The number of nitrogens with one attached hydrogen (secondary N) is 1. The van der Waals surface area contributed by atoms with Gasteiger partial charge in [-0.15, -0.1) is 0 Å². The van der Waals surface area contributed by atoms with Crippen molar-refractivity contribution < 1.29 is 17.7 Å². The number of sulfonamides is 1. The van der Waals surface area contributed by atoms with E-state index < -0.39 is 15.9 Å². The highest BCUT2D eigenvalue weighted by molar-refractivity contribution is 7.89. The fourth-order valence-corrected chi connectivity index (χ4v) is 2.94. The van der Waals surface area contributed by atoms with Crippen LogP contribution < -0.4 is 10.5 Å². The Hall–Kier alpha value is -2.97. The summed E-state index contributed by atoms with van der Waals surface area (Å²) in [4.78, 5) is 12.6. The first kappa shape index (κ1) is 16.9. The van der Waals surface area contributed by atoms with Crippen molar-refractivity contribution in [1.29, 1.82) is 0 Å². The summed E-state index contributed by atoms with van der Waals surface area (Å²) in [6.07, 6.45) is 0. The molecule has 0 aliphatic rings. The molecular weight excluding hydrogens is 342 g/mol. The minimum absolute atomic E-state index is 0.0874. The lowest BCUT2D eigenvalue weighted by atomic mass is 10.1. The number of benzene rings is 2. The fraction of sp³-hybridized carbons (Fsp3) is 0.0588. The molecule has 25 heavy (non-hydrogen) atoms. The Morgan fingerprint density at radius 3 is 2.52 bits per heavy atom. The van der Waals surface area contributed by atoms with Crippen LogP contribution in [-0.2, 0) is 10.0 Å². The van der Waals surface area contributed by atoms with Crippen molar-refractivity contribution in [2.75, 3.05) is 5.32 Å². The second-order valence-corrected chi connectivity index (χ2v) is 6.92. The molecule has 3 N–H and O–H groups in total. The summed E-state index contributed by atoms with van der Waals surface area (Å²) in [6, 6.07) is 14.8. The minimum Gasteiger partial charge on any atom is -0.360 e. The molecule has 3 aromatic rings. The first-order valence-electron chi connectivity index (χ1n) is 7.32. The summed E-state index contributed by atoms with van der Waals surface area (Å²) in [7, 11) is -3.86. The SMILES string of the molecule is Cc1onc(-c2ccccc2)c1C(=O)Nc1cccc(S(N)(=O)=O)c1. The molecule has 0 unspecified atom stereocenters. The second-order valence-electron chi connectivity index (χ2n) is 5.36. The lowest BCUT2D eigenvalue weighted by molar-refractivity contribution is 0.102. The van der Waals surface area contributed by atoms with Gasteiger partial charge >= 0.3 is 0 Å². The Morgan fingerprint density at radius 2 is 1.84 bits per heavy atom. The third-order valence-electron chi connectivity index (χ3n) is 3.56. The fourth-order valence-electron chi connectivity index (χ4n) is 2.38. The van der Waals surface area contributed by atoms with Crippen LogP contribution in [0.3, 0.4) is 0 Å². The zero-order valence-corrected chi connectivity index (χ0v) is 14.1. The monoisotopic (exact) mass is 357 g/mol. The number of rotatable bonds is 4. The smallest absolute Gasteiger partial charge is 0.261 e. The molecule has 0 radical (unpaired) electrons. The summed E-state index contributed by atoms with van der Waals surface area (Å²) in [5.74, 6) is -0.0943. The van der Waals surface area contributed by atoms with Crippen LogP contribution in [0.15, 0.2) is 64.0 Å². The number of primary sulfonamides is 1. The highest BCUT2D eigenvalue weighted by atomic mass is 32.2. The average Bonchev–Trinajstić information content (AvgIpc) is 2.97. The Bertz CT molecular complexity index is 1030. The van der Waals surface area contributed by atoms with E-state index in [1.165, 1.54) is 18.2 Å². The minimum atomic E-state index is -3.86. The van der Waals surface area contributed by atoms with E-state index in [1.807, 2.05) is 30.3 Å². The van der Waals surface area contributed by atoms with Crippen LogP contribution in [0.25, 0.3) is 11.3 Å². The van der Waals surface area contributed by atoms with Crippen molar-refractivity contribution >= 4 is 21.6 Å². The Morgan fingerprint density at radius 1 is 1.12 bits per heavy atom. The Kier molecular flexibility index (Phi) is 4.39. The van der Waals surface area contributed by atoms with Crippen LogP contribution in [0.5, 0.6) is 0 Å². The number of hydrogen-bond donors (Lipinski definition) is 2. The zero-order valence-electron chi connectivity index (χ0n) is 13.3. The first-order chi connectivity index (χ1) is 11.9.